The Balaban J connectivity index is 1.93. The van der Waals surface area contributed by atoms with Crippen molar-refractivity contribution in [2.75, 3.05) is 18.1 Å². The Kier molecular flexibility index (Phi) is 7.10. The van der Waals surface area contributed by atoms with Crippen LogP contribution < -0.4 is 14.8 Å². The zero-order valence-corrected chi connectivity index (χ0v) is 17.0. The molecule has 27 heavy (non-hydrogen) atoms. The number of benzene rings is 2. The van der Waals surface area contributed by atoms with Crippen LogP contribution in [-0.2, 0) is 21.2 Å². The minimum atomic E-state index is -3.35. The van der Waals surface area contributed by atoms with Crippen molar-refractivity contribution in [2.24, 2.45) is 0 Å². The molecule has 0 saturated carbocycles. The Labute approximate surface area is 164 Å². The van der Waals surface area contributed by atoms with E-state index in [1.165, 1.54) is 0 Å². The smallest absolute Gasteiger partial charge is 0.229 e. The molecule has 6 nitrogen and oxygen atoms in total. The second kappa shape index (κ2) is 9.10. The molecule has 2 rings (SSSR count). The van der Waals surface area contributed by atoms with Crippen molar-refractivity contribution < 1.29 is 17.9 Å². The minimum absolute atomic E-state index is 0.101. The van der Waals surface area contributed by atoms with Crippen LogP contribution in [0.4, 0.5) is 5.69 Å². The number of hydrogen-bond donors (Lipinski definition) is 2. The van der Waals surface area contributed by atoms with Gasteiger partial charge in [0, 0.05) is 12.1 Å². The molecule has 0 saturated heterocycles. The molecule has 0 fully saturated rings. The quantitative estimate of drug-likeness (QED) is 0.697. The number of amides is 1. The van der Waals surface area contributed by atoms with Gasteiger partial charge in [0.05, 0.1) is 24.4 Å². The van der Waals surface area contributed by atoms with Crippen LogP contribution in [0.3, 0.4) is 0 Å². The fourth-order valence-electron chi connectivity index (χ4n) is 2.61. The topological polar surface area (TPSA) is 84.5 Å². The summed E-state index contributed by atoms with van der Waals surface area (Å²) >= 11 is 6.10. The third-order valence-electron chi connectivity index (χ3n) is 3.92. The van der Waals surface area contributed by atoms with Gasteiger partial charge < -0.3 is 10.1 Å². The first-order valence-electron chi connectivity index (χ1n) is 8.37. The monoisotopic (exact) mass is 410 g/mol. The van der Waals surface area contributed by atoms with E-state index in [0.717, 1.165) is 17.4 Å². The van der Waals surface area contributed by atoms with E-state index in [4.69, 9.17) is 16.3 Å². The first kappa shape index (κ1) is 21.1. The predicted molar refractivity (Wildman–Crippen MR) is 108 cm³/mol. The molecule has 0 aliphatic rings. The van der Waals surface area contributed by atoms with Gasteiger partial charge in [-0.2, -0.15) is 0 Å². The van der Waals surface area contributed by atoms with Crippen LogP contribution in [0.15, 0.2) is 42.5 Å². The van der Waals surface area contributed by atoms with Gasteiger partial charge in [0.1, 0.15) is 5.75 Å². The van der Waals surface area contributed by atoms with Gasteiger partial charge in [-0.15, -0.1) is 0 Å². The summed E-state index contributed by atoms with van der Waals surface area (Å²) in [4.78, 5) is 12.2. The standard InChI is InChI=1S/C19H23ClN2O4S/c1-13(15-5-4-6-16(12-15)22-27(3,24)25)21-19(23)10-8-14-7-9-18(26-2)17(20)11-14/h4-7,9,11-13,22H,8,10H2,1-3H3,(H,21,23). The van der Waals surface area contributed by atoms with Crippen molar-refractivity contribution in [3.05, 3.63) is 58.6 Å². The van der Waals surface area contributed by atoms with Crippen LogP contribution in [0.5, 0.6) is 5.75 Å². The Morgan fingerprint density at radius 3 is 2.59 bits per heavy atom. The maximum absolute atomic E-state index is 12.2. The molecule has 0 aromatic heterocycles. The van der Waals surface area contributed by atoms with E-state index in [9.17, 15) is 13.2 Å². The summed E-state index contributed by atoms with van der Waals surface area (Å²) in [5, 5.41) is 3.43. The van der Waals surface area contributed by atoms with Crippen molar-refractivity contribution >= 4 is 33.2 Å². The molecular formula is C19H23ClN2O4S. The molecule has 0 spiro atoms. The molecule has 2 N–H and O–H groups in total. The minimum Gasteiger partial charge on any atom is -0.495 e. The largest absolute Gasteiger partial charge is 0.495 e. The number of aryl methyl sites for hydroxylation is 1. The summed E-state index contributed by atoms with van der Waals surface area (Å²) in [6.45, 7) is 1.85. The van der Waals surface area contributed by atoms with Crippen molar-refractivity contribution in [3.8, 4) is 5.75 Å². The van der Waals surface area contributed by atoms with Crippen molar-refractivity contribution in [2.45, 2.75) is 25.8 Å². The number of ether oxygens (including phenoxy) is 1. The van der Waals surface area contributed by atoms with Crippen LogP contribution in [0, 0.1) is 0 Å². The molecule has 2 aromatic rings. The van der Waals surface area contributed by atoms with E-state index in [0.29, 0.717) is 29.3 Å². The van der Waals surface area contributed by atoms with Gasteiger partial charge in [0.2, 0.25) is 15.9 Å². The van der Waals surface area contributed by atoms with E-state index in [-0.39, 0.29) is 11.9 Å². The SMILES string of the molecule is COc1ccc(CCC(=O)NC(C)c2cccc(NS(C)(=O)=O)c2)cc1Cl. The second-order valence-electron chi connectivity index (χ2n) is 6.26. The lowest BCUT2D eigenvalue weighted by Crippen LogP contribution is -2.26. The molecule has 1 unspecified atom stereocenters. The number of anilines is 1. The zero-order valence-electron chi connectivity index (χ0n) is 15.5. The summed E-state index contributed by atoms with van der Waals surface area (Å²) in [5.74, 6) is 0.497. The number of rotatable bonds is 8. The highest BCUT2D eigenvalue weighted by atomic mass is 35.5. The molecule has 1 amide bonds. The van der Waals surface area contributed by atoms with E-state index >= 15 is 0 Å². The molecule has 0 bridgehead atoms. The van der Waals surface area contributed by atoms with Crippen molar-refractivity contribution in [3.63, 3.8) is 0 Å². The predicted octanol–water partition coefficient (Wildman–Crippen LogP) is 3.53. The van der Waals surface area contributed by atoms with Crippen LogP contribution in [-0.4, -0.2) is 27.7 Å². The van der Waals surface area contributed by atoms with Gasteiger partial charge in [-0.25, -0.2) is 8.42 Å². The molecule has 2 aromatic carbocycles. The van der Waals surface area contributed by atoms with Gasteiger partial charge in [-0.1, -0.05) is 29.8 Å². The van der Waals surface area contributed by atoms with Gasteiger partial charge in [0.15, 0.2) is 0 Å². The number of hydrogen-bond acceptors (Lipinski definition) is 4. The third kappa shape index (κ3) is 6.77. The molecule has 0 aliphatic heterocycles. The van der Waals surface area contributed by atoms with E-state index in [1.54, 1.807) is 37.4 Å². The fourth-order valence-corrected chi connectivity index (χ4v) is 3.44. The Morgan fingerprint density at radius 1 is 1.22 bits per heavy atom. The number of carbonyl (C=O) groups excluding carboxylic acids is 1. The van der Waals surface area contributed by atoms with E-state index in [1.807, 2.05) is 19.1 Å². The summed E-state index contributed by atoms with van der Waals surface area (Å²) in [7, 11) is -1.80. The Bertz CT molecular complexity index is 916. The molecule has 0 aliphatic carbocycles. The number of sulfonamides is 1. The number of methoxy groups -OCH3 is 1. The lowest BCUT2D eigenvalue weighted by Gasteiger charge is -2.16. The second-order valence-corrected chi connectivity index (χ2v) is 8.41. The number of carbonyl (C=O) groups is 1. The highest BCUT2D eigenvalue weighted by Gasteiger charge is 2.12. The lowest BCUT2D eigenvalue weighted by molar-refractivity contribution is -0.121. The summed E-state index contributed by atoms with van der Waals surface area (Å²) < 4.78 is 30.2. The van der Waals surface area contributed by atoms with Gasteiger partial charge >= 0.3 is 0 Å². The first-order chi connectivity index (χ1) is 12.7. The summed E-state index contributed by atoms with van der Waals surface area (Å²) in [6, 6.07) is 12.1. The Morgan fingerprint density at radius 2 is 1.96 bits per heavy atom. The normalized spacial score (nSPS) is 12.3. The van der Waals surface area contributed by atoms with E-state index in [2.05, 4.69) is 10.0 Å². The van der Waals surface area contributed by atoms with Crippen LogP contribution in [0.1, 0.15) is 30.5 Å². The van der Waals surface area contributed by atoms with Gasteiger partial charge in [0.25, 0.3) is 0 Å². The zero-order chi connectivity index (χ0) is 20.0. The van der Waals surface area contributed by atoms with Crippen LogP contribution in [0.25, 0.3) is 0 Å². The maximum Gasteiger partial charge on any atom is 0.229 e. The number of halogens is 1. The molecule has 146 valence electrons. The first-order valence-corrected chi connectivity index (χ1v) is 10.6. The number of nitrogens with one attached hydrogen (secondary N) is 2. The highest BCUT2D eigenvalue weighted by Crippen LogP contribution is 2.25. The maximum atomic E-state index is 12.2. The van der Waals surface area contributed by atoms with Gasteiger partial charge in [-0.05, 0) is 48.7 Å². The average molecular weight is 411 g/mol. The molecule has 1 atom stereocenters. The average Bonchev–Trinajstić information content (AvgIpc) is 2.59. The molecular weight excluding hydrogens is 388 g/mol. The molecule has 0 heterocycles. The fraction of sp³-hybridized carbons (Fsp3) is 0.316. The van der Waals surface area contributed by atoms with Crippen molar-refractivity contribution in [1.29, 1.82) is 0 Å². The summed E-state index contributed by atoms with van der Waals surface area (Å²) in [5.41, 5.74) is 2.22. The molecule has 8 heteroatoms. The van der Waals surface area contributed by atoms with E-state index < -0.39 is 10.0 Å². The highest BCUT2D eigenvalue weighted by molar-refractivity contribution is 7.92. The lowest BCUT2D eigenvalue weighted by atomic mass is 10.1. The van der Waals surface area contributed by atoms with Gasteiger partial charge in [-0.3, -0.25) is 9.52 Å². The Hall–Kier alpha value is -2.25. The van der Waals surface area contributed by atoms with Crippen LogP contribution >= 0.6 is 11.6 Å². The summed E-state index contributed by atoms with van der Waals surface area (Å²) in [6.07, 6.45) is 1.96. The van der Waals surface area contributed by atoms with Crippen LogP contribution in [0.2, 0.25) is 5.02 Å². The van der Waals surface area contributed by atoms with Crippen molar-refractivity contribution in [1.82, 2.24) is 5.32 Å². The third-order valence-corrected chi connectivity index (χ3v) is 4.83. The molecule has 0 radical (unpaired) electrons.